The fraction of sp³-hybridized carbons (Fsp3) is 0.360. The van der Waals surface area contributed by atoms with Gasteiger partial charge in [0.05, 0.1) is 23.9 Å². The number of carbonyl (C=O) groups is 4. The number of rotatable bonds is 7. The van der Waals surface area contributed by atoms with Gasteiger partial charge in [-0.1, -0.05) is 67.6 Å². The van der Waals surface area contributed by atoms with E-state index in [1.54, 1.807) is 0 Å². The first-order valence-electron chi connectivity index (χ1n) is 11.3. The Bertz CT molecular complexity index is 1100. The number of amides is 2. The lowest BCUT2D eigenvalue weighted by Gasteiger charge is -2.43. The number of piperazine rings is 1. The van der Waals surface area contributed by atoms with Gasteiger partial charge in [-0.3, -0.25) is 29.3 Å². The molecule has 10 heteroatoms. The minimum atomic E-state index is -1.12. The van der Waals surface area contributed by atoms with E-state index in [2.05, 4.69) is 10.6 Å². The number of benzene rings is 2. The molecule has 182 valence electrons. The molecule has 1 heterocycles. The van der Waals surface area contributed by atoms with Gasteiger partial charge in [0.25, 0.3) is 0 Å². The van der Waals surface area contributed by atoms with Crippen LogP contribution in [0.4, 0.5) is 0 Å². The van der Waals surface area contributed by atoms with Gasteiger partial charge in [-0.2, -0.15) is 0 Å². The first-order valence-corrected chi connectivity index (χ1v) is 11.3. The van der Waals surface area contributed by atoms with Crippen molar-refractivity contribution in [2.45, 2.75) is 37.4 Å². The Labute approximate surface area is 201 Å². The number of esters is 1. The van der Waals surface area contributed by atoms with Gasteiger partial charge in [0, 0.05) is 17.3 Å². The van der Waals surface area contributed by atoms with Gasteiger partial charge in [-0.25, -0.2) is 0 Å². The molecular formula is C25H25N3O7. The lowest BCUT2D eigenvalue weighted by molar-refractivity contribution is -0.537. The molecule has 35 heavy (non-hydrogen) atoms. The number of nitrogens with one attached hydrogen (secondary N) is 2. The second-order valence-corrected chi connectivity index (χ2v) is 8.88. The van der Waals surface area contributed by atoms with Crippen molar-refractivity contribution in [2.24, 2.45) is 11.8 Å². The van der Waals surface area contributed by atoms with Crippen molar-refractivity contribution in [3.05, 3.63) is 81.9 Å². The number of nitro groups is 1. The quantitative estimate of drug-likeness (QED) is 0.263. The maximum atomic E-state index is 13.3. The van der Waals surface area contributed by atoms with Crippen molar-refractivity contribution in [3.63, 3.8) is 0 Å². The summed E-state index contributed by atoms with van der Waals surface area (Å²) in [7, 11) is 0. The summed E-state index contributed by atoms with van der Waals surface area (Å²) in [4.78, 5) is 61.3. The highest BCUT2D eigenvalue weighted by molar-refractivity contribution is 6.35. The highest BCUT2D eigenvalue weighted by Crippen LogP contribution is 2.35. The summed E-state index contributed by atoms with van der Waals surface area (Å²) >= 11 is 0. The molecule has 1 saturated carbocycles. The number of carbonyl (C=O) groups excluding carboxylic acids is 4. The summed E-state index contributed by atoms with van der Waals surface area (Å²) < 4.78 is 5.40. The van der Waals surface area contributed by atoms with Gasteiger partial charge in [0.2, 0.25) is 6.04 Å². The third-order valence-electron chi connectivity index (χ3n) is 6.80. The maximum absolute atomic E-state index is 13.3. The molecule has 1 aliphatic carbocycles. The van der Waals surface area contributed by atoms with Gasteiger partial charge in [0.1, 0.15) is 0 Å². The molecule has 2 N–H and O–H groups in total. The lowest BCUT2D eigenvalue weighted by Crippen LogP contribution is -2.70. The predicted molar refractivity (Wildman–Crippen MR) is 123 cm³/mol. The molecule has 0 spiro atoms. The second kappa shape index (κ2) is 10.0. The maximum Gasteiger partial charge on any atom is 0.312 e. The van der Waals surface area contributed by atoms with E-state index in [9.17, 15) is 29.3 Å². The van der Waals surface area contributed by atoms with Crippen LogP contribution in [0.25, 0.3) is 0 Å². The zero-order chi connectivity index (χ0) is 25.1. The van der Waals surface area contributed by atoms with E-state index in [1.165, 1.54) is 6.92 Å². The molecule has 5 unspecified atom stereocenters. The summed E-state index contributed by atoms with van der Waals surface area (Å²) in [6, 6.07) is 15.4. The molecule has 2 amide bonds. The average molecular weight is 479 g/mol. The molecule has 5 atom stereocenters. The van der Waals surface area contributed by atoms with Crippen molar-refractivity contribution in [2.75, 3.05) is 6.61 Å². The Morgan fingerprint density at radius 3 is 2.09 bits per heavy atom. The van der Waals surface area contributed by atoms with Gasteiger partial charge < -0.3 is 15.4 Å². The zero-order valence-corrected chi connectivity index (χ0v) is 19.0. The standard InChI is InChI=1S/C25H25N3O7/c1-14-18(28(33)34)12-17-22(27-24(31)23(30)26-17)20(14)25(32)35-13-19(29)21(15-8-4-2-5-9-15)16-10-6-3-7-11-16/h2-11,14,17-18,20-22H,12-13H2,1H3,(H,26,30)(H,27,31). The van der Waals surface area contributed by atoms with Gasteiger partial charge in [-0.05, 0) is 11.1 Å². The van der Waals surface area contributed by atoms with Crippen LogP contribution in [-0.4, -0.2) is 53.2 Å². The van der Waals surface area contributed by atoms with E-state index in [-0.39, 0.29) is 12.2 Å². The topological polar surface area (TPSA) is 145 Å². The molecule has 2 fully saturated rings. The highest BCUT2D eigenvalue weighted by Gasteiger charge is 2.54. The number of Topliss-reactive ketones (excluding diaryl/α,β-unsaturated/α-hetero) is 1. The van der Waals surface area contributed by atoms with E-state index in [0.717, 1.165) is 11.1 Å². The van der Waals surface area contributed by atoms with Crippen molar-refractivity contribution < 1.29 is 28.8 Å². The Kier molecular flexibility index (Phi) is 6.90. The average Bonchev–Trinajstić information content (AvgIpc) is 2.85. The molecule has 0 radical (unpaired) electrons. The first kappa shape index (κ1) is 24.1. The second-order valence-electron chi connectivity index (χ2n) is 8.88. The van der Waals surface area contributed by atoms with Gasteiger partial charge in [0.15, 0.2) is 12.4 Å². The molecule has 10 nitrogen and oxygen atoms in total. The van der Waals surface area contributed by atoms with Gasteiger partial charge in [-0.15, -0.1) is 0 Å². The van der Waals surface area contributed by atoms with Crippen molar-refractivity contribution in [1.82, 2.24) is 10.6 Å². The molecular weight excluding hydrogens is 454 g/mol. The monoisotopic (exact) mass is 479 g/mol. The third kappa shape index (κ3) is 4.91. The molecule has 0 aromatic heterocycles. The predicted octanol–water partition coefficient (Wildman–Crippen LogP) is 1.22. The smallest absolute Gasteiger partial charge is 0.312 e. The van der Waals surface area contributed by atoms with E-state index >= 15 is 0 Å². The SMILES string of the molecule is CC1C(C(=O)OCC(=O)C(c2ccccc2)c2ccccc2)C2NC(=O)C(=O)NC2CC1[N+](=O)[O-]. The van der Waals surface area contributed by atoms with Crippen molar-refractivity contribution in [3.8, 4) is 0 Å². The number of hydrogen-bond acceptors (Lipinski definition) is 7. The van der Waals surface area contributed by atoms with Crippen molar-refractivity contribution >= 4 is 23.6 Å². The molecule has 1 saturated heterocycles. The first-order chi connectivity index (χ1) is 16.8. The normalized spacial score (nSPS) is 25.7. The van der Waals surface area contributed by atoms with Crippen LogP contribution in [0.15, 0.2) is 60.7 Å². The number of fused-ring (bicyclic) bond motifs is 1. The Hall–Kier alpha value is -4.08. The molecule has 2 aromatic carbocycles. The summed E-state index contributed by atoms with van der Waals surface area (Å²) in [5.41, 5.74) is 1.48. The number of ketones is 1. The number of ether oxygens (including phenoxy) is 1. The van der Waals surface area contributed by atoms with E-state index in [1.807, 2.05) is 60.7 Å². The fourth-order valence-electron chi connectivity index (χ4n) is 5.04. The molecule has 1 aliphatic heterocycles. The lowest BCUT2D eigenvalue weighted by atomic mass is 9.70. The minimum Gasteiger partial charge on any atom is -0.457 e. The van der Waals surface area contributed by atoms with Crippen LogP contribution in [-0.2, 0) is 23.9 Å². The zero-order valence-electron chi connectivity index (χ0n) is 19.0. The highest BCUT2D eigenvalue weighted by atomic mass is 16.6. The van der Waals surface area contributed by atoms with Crippen LogP contribution in [0, 0.1) is 22.0 Å². The molecule has 0 bridgehead atoms. The van der Waals surface area contributed by atoms with Crippen LogP contribution in [0.5, 0.6) is 0 Å². The van der Waals surface area contributed by atoms with Crippen LogP contribution in [0.1, 0.15) is 30.4 Å². The number of nitrogens with zero attached hydrogens (tertiary/aromatic N) is 1. The van der Waals surface area contributed by atoms with Crippen LogP contribution >= 0.6 is 0 Å². The van der Waals surface area contributed by atoms with Gasteiger partial charge >= 0.3 is 17.8 Å². The van der Waals surface area contributed by atoms with Crippen molar-refractivity contribution in [1.29, 1.82) is 0 Å². The van der Waals surface area contributed by atoms with Crippen LogP contribution < -0.4 is 10.6 Å². The van der Waals surface area contributed by atoms with E-state index in [0.29, 0.717) is 0 Å². The molecule has 2 aromatic rings. The Balaban J connectivity index is 1.54. The summed E-state index contributed by atoms with van der Waals surface area (Å²) in [5.74, 6) is -5.57. The summed E-state index contributed by atoms with van der Waals surface area (Å²) in [6.07, 6.45) is -0.0301. The van der Waals surface area contributed by atoms with Crippen LogP contribution in [0.3, 0.4) is 0 Å². The van der Waals surface area contributed by atoms with E-state index in [4.69, 9.17) is 4.74 Å². The summed E-state index contributed by atoms with van der Waals surface area (Å²) in [6.45, 7) is 0.994. The Morgan fingerprint density at radius 1 is 1.00 bits per heavy atom. The largest absolute Gasteiger partial charge is 0.457 e. The minimum absolute atomic E-state index is 0.0301. The molecule has 4 rings (SSSR count). The fourth-order valence-corrected chi connectivity index (χ4v) is 5.04. The Morgan fingerprint density at radius 2 is 1.54 bits per heavy atom. The summed E-state index contributed by atoms with van der Waals surface area (Å²) in [5, 5.41) is 16.6. The van der Waals surface area contributed by atoms with E-state index < -0.39 is 65.2 Å². The third-order valence-corrected chi connectivity index (χ3v) is 6.80. The van der Waals surface area contributed by atoms with Crippen LogP contribution in [0.2, 0.25) is 0 Å². The molecule has 2 aliphatic rings. The number of hydrogen-bond donors (Lipinski definition) is 2.